The predicted molar refractivity (Wildman–Crippen MR) is 104 cm³/mol. The maximum atomic E-state index is 12.0. The maximum absolute atomic E-state index is 12.0. The van der Waals surface area contributed by atoms with E-state index in [0.29, 0.717) is 17.0 Å². The Balaban J connectivity index is 1.75. The number of carbonyl (C=O) groups excluding carboxylic acids is 3. The van der Waals surface area contributed by atoms with Gasteiger partial charge in [-0.05, 0) is 52.9 Å². The van der Waals surface area contributed by atoms with Gasteiger partial charge in [-0.15, -0.1) is 0 Å². The van der Waals surface area contributed by atoms with Crippen molar-refractivity contribution >= 4 is 46.1 Å². The van der Waals surface area contributed by atoms with Crippen LogP contribution in [0.3, 0.4) is 0 Å². The number of esters is 1. The third-order valence-corrected chi connectivity index (χ3v) is 4.18. The summed E-state index contributed by atoms with van der Waals surface area (Å²) in [6, 6.07) is 13.7. The number of ether oxygens (including phenoxy) is 2. The van der Waals surface area contributed by atoms with Gasteiger partial charge in [-0.2, -0.15) is 0 Å². The fourth-order valence-corrected chi connectivity index (χ4v) is 2.49. The number of methoxy groups -OCH3 is 1. The molecule has 0 fully saturated rings. The highest BCUT2D eigenvalue weighted by Crippen LogP contribution is 2.16. The van der Waals surface area contributed by atoms with Crippen LogP contribution in [0.2, 0.25) is 0 Å². The molecule has 0 saturated carbocycles. The first kappa shape index (κ1) is 19.7. The number of hydrogen-bond acceptors (Lipinski definition) is 5. The van der Waals surface area contributed by atoms with Crippen molar-refractivity contribution in [1.82, 2.24) is 5.32 Å². The highest BCUT2D eigenvalue weighted by atomic mass is 127. The minimum Gasteiger partial charge on any atom is -0.497 e. The van der Waals surface area contributed by atoms with Crippen LogP contribution in [0.15, 0.2) is 48.5 Å². The van der Waals surface area contributed by atoms with Gasteiger partial charge in [0.05, 0.1) is 12.8 Å². The summed E-state index contributed by atoms with van der Waals surface area (Å²) in [5, 5.41) is 5.07. The van der Waals surface area contributed by atoms with Crippen molar-refractivity contribution in [3.05, 3.63) is 57.7 Å². The second-order valence-corrected chi connectivity index (χ2v) is 6.27. The van der Waals surface area contributed by atoms with Crippen LogP contribution >= 0.6 is 22.6 Å². The summed E-state index contributed by atoms with van der Waals surface area (Å²) in [7, 11) is 1.50. The van der Waals surface area contributed by atoms with E-state index >= 15 is 0 Å². The third kappa shape index (κ3) is 6.03. The van der Waals surface area contributed by atoms with E-state index in [1.807, 2.05) is 12.1 Å². The first-order chi connectivity index (χ1) is 12.5. The minimum absolute atomic E-state index is 0.341. The van der Waals surface area contributed by atoms with Crippen LogP contribution < -0.4 is 15.4 Å². The lowest BCUT2D eigenvalue weighted by Crippen LogP contribution is -2.32. The monoisotopic (exact) mass is 468 g/mol. The molecule has 0 aromatic heterocycles. The summed E-state index contributed by atoms with van der Waals surface area (Å²) in [6.07, 6.45) is 0. The Morgan fingerprint density at radius 1 is 1.08 bits per heavy atom. The van der Waals surface area contributed by atoms with Gasteiger partial charge < -0.3 is 20.1 Å². The predicted octanol–water partition coefficient (Wildman–Crippen LogP) is 2.21. The van der Waals surface area contributed by atoms with Crippen LogP contribution in [0.1, 0.15) is 10.4 Å². The molecule has 2 aromatic carbocycles. The molecule has 0 heterocycles. The summed E-state index contributed by atoms with van der Waals surface area (Å²) in [5.74, 6) is -1.07. The largest absolute Gasteiger partial charge is 0.497 e. The normalized spacial score (nSPS) is 9.92. The van der Waals surface area contributed by atoms with Crippen LogP contribution in [-0.2, 0) is 14.3 Å². The molecule has 0 saturated heterocycles. The molecular weight excluding hydrogens is 451 g/mol. The number of anilines is 1. The van der Waals surface area contributed by atoms with Crippen molar-refractivity contribution in [2.24, 2.45) is 0 Å². The quantitative estimate of drug-likeness (QED) is 0.480. The minimum atomic E-state index is -0.709. The van der Waals surface area contributed by atoms with Crippen LogP contribution in [-0.4, -0.2) is 38.0 Å². The highest BCUT2D eigenvalue weighted by molar-refractivity contribution is 14.1. The van der Waals surface area contributed by atoms with Gasteiger partial charge >= 0.3 is 5.97 Å². The number of nitrogens with one attached hydrogen (secondary N) is 2. The SMILES string of the molecule is COc1cccc(C(=O)NCC(=O)OCC(=O)Nc2ccccc2I)c1. The molecule has 2 N–H and O–H groups in total. The maximum Gasteiger partial charge on any atom is 0.325 e. The number of benzene rings is 2. The summed E-state index contributed by atoms with van der Waals surface area (Å²) < 4.78 is 10.8. The number of amides is 2. The Morgan fingerprint density at radius 2 is 1.85 bits per heavy atom. The van der Waals surface area contributed by atoms with Gasteiger partial charge in [-0.3, -0.25) is 14.4 Å². The van der Waals surface area contributed by atoms with E-state index in [9.17, 15) is 14.4 Å². The lowest BCUT2D eigenvalue weighted by Gasteiger charge is -2.09. The summed E-state index contributed by atoms with van der Waals surface area (Å²) >= 11 is 2.09. The van der Waals surface area contributed by atoms with Crippen molar-refractivity contribution < 1.29 is 23.9 Å². The van der Waals surface area contributed by atoms with Gasteiger partial charge in [-0.1, -0.05) is 18.2 Å². The van der Waals surface area contributed by atoms with E-state index < -0.39 is 24.4 Å². The second-order valence-electron chi connectivity index (χ2n) is 5.10. The number of hydrogen-bond donors (Lipinski definition) is 2. The molecule has 26 heavy (non-hydrogen) atoms. The molecule has 136 valence electrons. The Bertz CT molecular complexity index is 810. The topological polar surface area (TPSA) is 93.7 Å². The summed E-state index contributed by atoms with van der Waals surface area (Å²) in [6.45, 7) is -0.773. The highest BCUT2D eigenvalue weighted by Gasteiger charge is 2.12. The smallest absolute Gasteiger partial charge is 0.325 e. The van der Waals surface area contributed by atoms with Gasteiger partial charge in [0.2, 0.25) is 0 Å². The number of para-hydroxylation sites is 1. The molecule has 0 bridgehead atoms. The Morgan fingerprint density at radius 3 is 2.58 bits per heavy atom. The standard InChI is InChI=1S/C18H17IN2O5/c1-25-13-6-4-5-12(9-13)18(24)20-10-17(23)26-11-16(22)21-15-8-3-2-7-14(15)19/h2-9H,10-11H2,1H3,(H,20,24)(H,21,22). The van der Waals surface area contributed by atoms with Gasteiger partial charge in [0.15, 0.2) is 6.61 Å². The third-order valence-electron chi connectivity index (χ3n) is 3.24. The molecule has 0 aliphatic heterocycles. The molecule has 2 rings (SSSR count). The van der Waals surface area contributed by atoms with Crippen molar-refractivity contribution in [2.45, 2.75) is 0 Å². The molecule has 7 nitrogen and oxygen atoms in total. The number of carbonyl (C=O) groups is 3. The van der Waals surface area contributed by atoms with E-state index in [-0.39, 0.29) is 6.54 Å². The zero-order valence-electron chi connectivity index (χ0n) is 14.0. The average Bonchev–Trinajstić information content (AvgIpc) is 2.66. The fraction of sp³-hybridized carbons (Fsp3) is 0.167. The zero-order chi connectivity index (χ0) is 18.9. The van der Waals surface area contributed by atoms with Gasteiger partial charge in [0, 0.05) is 9.13 Å². The van der Waals surface area contributed by atoms with E-state index in [2.05, 4.69) is 33.2 Å². The first-order valence-electron chi connectivity index (χ1n) is 7.62. The molecule has 0 spiro atoms. The van der Waals surface area contributed by atoms with Gasteiger partial charge in [0.25, 0.3) is 11.8 Å². The lowest BCUT2D eigenvalue weighted by molar-refractivity contribution is -0.146. The number of rotatable bonds is 7. The van der Waals surface area contributed by atoms with E-state index in [1.54, 1.807) is 36.4 Å². The Kier molecular flexibility index (Phi) is 7.39. The summed E-state index contributed by atoms with van der Waals surface area (Å²) in [5.41, 5.74) is 0.994. The van der Waals surface area contributed by atoms with Crippen molar-refractivity contribution in [2.75, 3.05) is 25.6 Å². The molecule has 2 aromatic rings. The molecule has 0 radical (unpaired) electrons. The molecule has 8 heteroatoms. The molecular formula is C18H17IN2O5. The van der Waals surface area contributed by atoms with Crippen molar-refractivity contribution in [1.29, 1.82) is 0 Å². The van der Waals surface area contributed by atoms with Crippen LogP contribution in [0.4, 0.5) is 5.69 Å². The zero-order valence-corrected chi connectivity index (χ0v) is 16.1. The van der Waals surface area contributed by atoms with E-state index in [1.165, 1.54) is 7.11 Å². The van der Waals surface area contributed by atoms with E-state index in [0.717, 1.165) is 3.57 Å². The Labute approximate surface area is 164 Å². The van der Waals surface area contributed by atoms with Crippen molar-refractivity contribution in [3.8, 4) is 5.75 Å². The molecule has 0 unspecified atom stereocenters. The Hall–Kier alpha value is -2.62. The fourth-order valence-electron chi connectivity index (χ4n) is 1.96. The lowest BCUT2D eigenvalue weighted by atomic mass is 10.2. The molecule has 2 amide bonds. The van der Waals surface area contributed by atoms with Crippen LogP contribution in [0, 0.1) is 3.57 Å². The van der Waals surface area contributed by atoms with E-state index in [4.69, 9.17) is 9.47 Å². The molecule has 0 aliphatic rings. The molecule has 0 atom stereocenters. The number of halogens is 1. The summed E-state index contributed by atoms with van der Waals surface area (Å²) in [4.78, 5) is 35.5. The first-order valence-corrected chi connectivity index (χ1v) is 8.69. The van der Waals surface area contributed by atoms with Gasteiger partial charge in [-0.25, -0.2) is 0 Å². The van der Waals surface area contributed by atoms with Crippen LogP contribution in [0.25, 0.3) is 0 Å². The van der Waals surface area contributed by atoms with Crippen molar-refractivity contribution in [3.63, 3.8) is 0 Å². The average molecular weight is 468 g/mol. The van der Waals surface area contributed by atoms with Crippen LogP contribution in [0.5, 0.6) is 5.75 Å². The van der Waals surface area contributed by atoms with Gasteiger partial charge in [0.1, 0.15) is 12.3 Å². The molecule has 0 aliphatic carbocycles. The second kappa shape index (κ2) is 9.76.